The first kappa shape index (κ1) is 27.2. The monoisotopic (exact) mass is 566 g/mol. The topological polar surface area (TPSA) is 66.5 Å². The number of piperidine rings is 1. The summed E-state index contributed by atoms with van der Waals surface area (Å²) < 4.78 is 29.5. The van der Waals surface area contributed by atoms with Crippen LogP contribution in [0.3, 0.4) is 0 Å². The fourth-order valence-electron chi connectivity index (χ4n) is 4.37. The standard InChI is InChI=1S/C26H35BrN2O3S2/c1-4-5-6-7-14-28-26(30)24-16-23(34(31,32)29-17-19(2)15-20(3)18-29)12-13-25(24)33-22-10-8-21(27)9-11-22/h8-13,16,19-20H,4-7,14-15,17-18H2,1-3H3,(H,28,30)/t19-,20-/m0/s1. The normalized spacial score (nSPS) is 19.2. The van der Waals surface area contributed by atoms with E-state index in [-0.39, 0.29) is 10.8 Å². The highest BCUT2D eigenvalue weighted by Crippen LogP contribution is 2.34. The van der Waals surface area contributed by atoms with Gasteiger partial charge in [0.15, 0.2) is 0 Å². The fraction of sp³-hybridized carbons (Fsp3) is 0.500. The molecule has 2 aromatic carbocycles. The van der Waals surface area contributed by atoms with Crippen molar-refractivity contribution in [3.63, 3.8) is 0 Å². The van der Waals surface area contributed by atoms with Gasteiger partial charge >= 0.3 is 0 Å². The number of unbranched alkanes of at least 4 members (excludes halogenated alkanes) is 3. The van der Waals surface area contributed by atoms with Crippen molar-refractivity contribution in [2.24, 2.45) is 11.8 Å². The molecular formula is C26H35BrN2O3S2. The Hall–Kier alpha value is -1.35. The number of halogens is 1. The number of nitrogens with one attached hydrogen (secondary N) is 1. The number of carbonyl (C=O) groups excluding carboxylic acids is 1. The van der Waals surface area contributed by atoms with Gasteiger partial charge in [0, 0.05) is 33.9 Å². The van der Waals surface area contributed by atoms with Crippen molar-refractivity contribution in [1.29, 1.82) is 0 Å². The lowest BCUT2D eigenvalue weighted by molar-refractivity contribution is 0.0949. The summed E-state index contributed by atoms with van der Waals surface area (Å²) in [7, 11) is -3.67. The van der Waals surface area contributed by atoms with E-state index in [1.54, 1.807) is 22.5 Å². The Kier molecular flexibility index (Phi) is 10.1. The summed E-state index contributed by atoms with van der Waals surface area (Å²) in [6.45, 7) is 7.95. The van der Waals surface area contributed by atoms with E-state index < -0.39 is 10.0 Å². The van der Waals surface area contributed by atoms with E-state index in [9.17, 15) is 13.2 Å². The first-order valence-electron chi connectivity index (χ1n) is 12.1. The number of rotatable bonds is 10. The third-order valence-corrected chi connectivity index (χ3v) is 9.47. The number of amides is 1. The molecule has 1 N–H and O–H groups in total. The van der Waals surface area contributed by atoms with E-state index in [1.165, 1.54) is 11.8 Å². The van der Waals surface area contributed by atoms with E-state index in [0.717, 1.165) is 46.4 Å². The second-order valence-corrected chi connectivity index (χ2v) is 13.3. The predicted octanol–water partition coefficient (Wildman–Crippen LogP) is 6.58. The summed E-state index contributed by atoms with van der Waals surface area (Å²) in [6.07, 6.45) is 5.28. The highest BCUT2D eigenvalue weighted by Gasteiger charge is 2.32. The van der Waals surface area contributed by atoms with Crippen LogP contribution >= 0.6 is 27.7 Å². The van der Waals surface area contributed by atoms with Gasteiger partial charge in [-0.15, -0.1) is 0 Å². The van der Waals surface area contributed by atoms with Crippen LogP contribution in [0.1, 0.15) is 63.2 Å². The molecule has 186 valence electrons. The lowest BCUT2D eigenvalue weighted by Crippen LogP contribution is -2.42. The van der Waals surface area contributed by atoms with Crippen molar-refractivity contribution in [3.05, 3.63) is 52.5 Å². The van der Waals surface area contributed by atoms with Gasteiger partial charge in [0.1, 0.15) is 0 Å². The van der Waals surface area contributed by atoms with E-state index in [1.807, 2.05) is 24.3 Å². The van der Waals surface area contributed by atoms with Crippen molar-refractivity contribution in [1.82, 2.24) is 9.62 Å². The Bertz CT molecular complexity index is 1060. The Morgan fingerprint density at radius 3 is 2.38 bits per heavy atom. The average Bonchev–Trinajstić information content (AvgIpc) is 2.80. The largest absolute Gasteiger partial charge is 0.352 e. The van der Waals surface area contributed by atoms with Gasteiger partial charge in [-0.25, -0.2) is 8.42 Å². The molecule has 1 aliphatic heterocycles. The lowest BCUT2D eigenvalue weighted by atomic mass is 9.94. The van der Waals surface area contributed by atoms with Crippen molar-refractivity contribution in [3.8, 4) is 0 Å². The van der Waals surface area contributed by atoms with Crippen LogP contribution in [0, 0.1) is 11.8 Å². The van der Waals surface area contributed by atoms with Crippen molar-refractivity contribution in [2.75, 3.05) is 19.6 Å². The molecule has 0 saturated carbocycles. The molecule has 34 heavy (non-hydrogen) atoms. The molecule has 0 spiro atoms. The maximum atomic E-state index is 13.5. The molecule has 2 atom stereocenters. The maximum Gasteiger partial charge on any atom is 0.252 e. The summed E-state index contributed by atoms with van der Waals surface area (Å²) in [4.78, 5) is 15.1. The molecule has 1 saturated heterocycles. The molecule has 0 aliphatic carbocycles. The van der Waals surface area contributed by atoms with Crippen LogP contribution in [-0.4, -0.2) is 38.3 Å². The average molecular weight is 568 g/mol. The van der Waals surface area contributed by atoms with Crippen LogP contribution in [0.4, 0.5) is 0 Å². The molecule has 0 bridgehead atoms. The summed E-state index contributed by atoms with van der Waals surface area (Å²) in [5.74, 6) is 0.404. The zero-order valence-electron chi connectivity index (χ0n) is 20.2. The molecule has 0 aromatic heterocycles. The van der Waals surface area contributed by atoms with Gasteiger partial charge in [-0.1, -0.05) is 67.7 Å². The van der Waals surface area contributed by atoms with Gasteiger partial charge in [-0.2, -0.15) is 4.31 Å². The van der Waals surface area contributed by atoms with Crippen molar-refractivity contribution < 1.29 is 13.2 Å². The maximum absolute atomic E-state index is 13.5. The Morgan fingerprint density at radius 2 is 1.74 bits per heavy atom. The minimum atomic E-state index is -3.67. The van der Waals surface area contributed by atoms with Crippen LogP contribution in [0.2, 0.25) is 0 Å². The SMILES string of the molecule is CCCCCCNC(=O)c1cc(S(=O)(=O)N2C[C@@H](C)C[C@H](C)C2)ccc1Sc1ccc(Br)cc1. The summed E-state index contributed by atoms with van der Waals surface area (Å²) >= 11 is 4.91. The van der Waals surface area contributed by atoms with Gasteiger partial charge in [0.25, 0.3) is 5.91 Å². The lowest BCUT2D eigenvalue weighted by Gasteiger charge is -2.34. The molecule has 5 nitrogen and oxygen atoms in total. The molecule has 1 amide bonds. The predicted molar refractivity (Wildman–Crippen MR) is 143 cm³/mol. The van der Waals surface area contributed by atoms with E-state index in [4.69, 9.17) is 0 Å². The molecule has 8 heteroatoms. The van der Waals surface area contributed by atoms with E-state index >= 15 is 0 Å². The molecule has 1 aliphatic rings. The zero-order valence-corrected chi connectivity index (χ0v) is 23.4. The second kappa shape index (κ2) is 12.6. The van der Waals surface area contributed by atoms with Gasteiger partial charge < -0.3 is 5.32 Å². The number of carbonyl (C=O) groups is 1. The van der Waals surface area contributed by atoms with Crippen LogP contribution in [0.25, 0.3) is 0 Å². The number of benzene rings is 2. The summed E-state index contributed by atoms with van der Waals surface area (Å²) in [5, 5.41) is 3.00. The first-order valence-corrected chi connectivity index (χ1v) is 15.1. The van der Waals surface area contributed by atoms with Crippen molar-refractivity contribution in [2.45, 2.75) is 67.6 Å². The molecule has 1 fully saturated rings. The van der Waals surface area contributed by atoms with E-state index in [2.05, 4.69) is 42.0 Å². The number of hydrogen-bond donors (Lipinski definition) is 1. The van der Waals surface area contributed by atoms with Crippen molar-refractivity contribution >= 4 is 43.6 Å². The van der Waals surface area contributed by atoms with Crippen LogP contribution in [-0.2, 0) is 10.0 Å². The highest BCUT2D eigenvalue weighted by molar-refractivity contribution is 9.10. The molecule has 1 heterocycles. The van der Waals surface area contributed by atoms with Crippen LogP contribution in [0.5, 0.6) is 0 Å². The fourth-order valence-corrected chi connectivity index (χ4v) is 7.26. The van der Waals surface area contributed by atoms with E-state index in [0.29, 0.717) is 37.0 Å². The smallest absolute Gasteiger partial charge is 0.252 e. The zero-order chi connectivity index (χ0) is 24.7. The quantitative estimate of drug-likeness (QED) is 0.330. The molecule has 0 unspecified atom stereocenters. The number of hydrogen-bond acceptors (Lipinski definition) is 4. The highest BCUT2D eigenvalue weighted by atomic mass is 79.9. The minimum Gasteiger partial charge on any atom is -0.352 e. The molecule has 2 aromatic rings. The Morgan fingerprint density at radius 1 is 1.06 bits per heavy atom. The van der Waals surface area contributed by atoms with Gasteiger partial charge in [0.2, 0.25) is 10.0 Å². The summed E-state index contributed by atoms with van der Waals surface area (Å²) in [6, 6.07) is 12.8. The first-order chi connectivity index (χ1) is 16.2. The third-order valence-electron chi connectivity index (χ3n) is 6.03. The number of sulfonamides is 1. The van der Waals surface area contributed by atoms with Gasteiger partial charge in [0.05, 0.1) is 10.5 Å². The molecule has 0 radical (unpaired) electrons. The molecule has 3 rings (SSSR count). The van der Waals surface area contributed by atoms with Crippen LogP contribution in [0.15, 0.2) is 61.6 Å². The minimum absolute atomic E-state index is 0.185. The molecular weight excluding hydrogens is 532 g/mol. The van der Waals surface area contributed by atoms with Gasteiger partial charge in [-0.3, -0.25) is 4.79 Å². The number of nitrogens with zero attached hydrogens (tertiary/aromatic N) is 1. The summed E-state index contributed by atoms with van der Waals surface area (Å²) in [5.41, 5.74) is 0.405. The van der Waals surface area contributed by atoms with Gasteiger partial charge in [-0.05, 0) is 67.1 Å². The van der Waals surface area contributed by atoms with Crippen LogP contribution < -0.4 is 5.32 Å². The Labute approximate surface area is 217 Å². The Balaban J connectivity index is 1.89. The third kappa shape index (κ3) is 7.33. The second-order valence-electron chi connectivity index (χ2n) is 9.30.